The van der Waals surface area contributed by atoms with Crippen LogP contribution in [0.15, 0.2) is 42.6 Å². The molecule has 0 unspecified atom stereocenters. The van der Waals surface area contributed by atoms with Gasteiger partial charge in [0.1, 0.15) is 30.5 Å². The minimum atomic E-state index is -1.46. The Balaban J connectivity index is 1.73. The van der Waals surface area contributed by atoms with Crippen molar-refractivity contribution in [3.63, 3.8) is 0 Å². The Bertz CT molecular complexity index is 1150. The molecule has 0 bridgehead atoms. The molecule has 1 fully saturated rings. The Labute approximate surface area is 203 Å². The number of aromatic nitrogens is 1. The van der Waals surface area contributed by atoms with Crippen LogP contribution < -0.4 is 0 Å². The summed E-state index contributed by atoms with van der Waals surface area (Å²) in [5, 5.41) is 52.2. The number of rotatable bonds is 6. The van der Waals surface area contributed by atoms with Crippen molar-refractivity contribution in [2.75, 3.05) is 6.61 Å². The fourth-order valence-electron chi connectivity index (χ4n) is 4.72. The summed E-state index contributed by atoms with van der Waals surface area (Å²) in [4.78, 5) is 0. The third-order valence-corrected chi connectivity index (χ3v) is 6.60. The van der Waals surface area contributed by atoms with Gasteiger partial charge in [0.15, 0.2) is 0 Å². The Morgan fingerprint density at radius 2 is 1.65 bits per heavy atom. The lowest BCUT2D eigenvalue weighted by Gasteiger charge is -2.40. The van der Waals surface area contributed by atoms with Gasteiger partial charge in [0.2, 0.25) is 0 Å². The van der Waals surface area contributed by atoms with Crippen molar-refractivity contribution in [2.24, 2.45) is 0 Å². The van der Waals surface area contributed by atoms with Gasteiger partial charge in [-0.05, 0) is 49.6 Å². The number of nitrogens with zero attached hydrogens (tertiary/aromatic N) is 1. The molecule has 0 spiro atoms. The highest BCUT2D eigenvalue weighted by atomic mass is 35.5. The van der Waals surface area contributed by atoms with Gasteiger partial charge >= 0.3 is 0 Å². The summed E-state index contributed by atoms with van der Waals surface area (Å²) in [7, 11) is 0. The molecule has 3 aromatic rings. The van der Waals surface area contributed by atoms with E-state index in [1.54, 1.807) is 13.8 Å². The molecule has 0 amide bonds. The van der Waals surface area contributed by atoms with Gasteiger partial charge < -0.3 is 34.8 Å². The van der Waals surface area contributed by atoms with E-state index in [0.29, 0.717) is 23.6 Å². The number of hydrogen-bond acceptors (Lipinski definition) is 6. The number of aliphatic hydroxyl groups is 5. The minimum absolute atomic E-state index is 0.489. The van der Waals surface area contributed by atoms with Crippen LogP contribution in [-0.4, -0.2) is 66.7 Å². The van der Waals surface area contributed by atoms with E-state index >= 15 is 0 Å². The van der Waals surface area contributed by atoms with E-state index in [-0.39, 0.29) is 0 Å². The Morgan fingerprint density at radius 3 is 2.26 bits per heavy atom. The van der Waals surface area contributed by atoms with Crippen LogP contribution in [0.4, 0.5) is 0 Å². The Kier molecular flexibility index (Phi) is 7.09. The van der Waals surface area contributed by atoms with Crippen molar-refractivity contribution in [2.45, 2.75) is 69.9 Å². The number of ether oxygens (including phenoxy) is 1. The molecule has 0 saturated carbocycles. The molecule has 34 heavy (non-hydrogen) atoms. The second-order valence-electron chi connectivity index (χ2n) is 9.91. The average molecular weight is 490 g/mol. The lowest BCUT2D eigenvalue weighted by atomic mass is 9.91. The summed E-state index contributed by atoms with van der Waals surface area (Å²) in [6, 6.07) is 11.8. The number of aryl methyl sites for hydroxylation is 1. The van der Waals surface area contributed by atoms with E-state index in [1.807, 2.05) is 54.1 Å². The first-order chi connectivity index (χ1) is 16.0. The van der Waals surface area contributed by atoms with Gasteiger partial charge in [-0.1, -0.05) is 35.9 Å². The van der Waals surface area contributed by atoms with E-state index in [9.17, 15) is 25.5 Å². The zero-order valence-corrected chi connectivity index (χ0v) is 20.3. The molecule has 8 heteroatoms. The van der Waals surface area contributed by atoms with Crippen LogP contribution >= 0.6 is 11.6 Å². The van der Waals surface area contributed by atoms with Crippen LogP contribution in [0.5, 0.6) is 0 Å². The van der Waals surface area contributed by atoms with Crippen LogP contribution in [-0.2, 0) is 17.7 Å². The summed E-state index contributed by atoms with van der Waals surface area (Å²) in [5.41, 5.74) is 3.58. The normalized spacial score (nSPS) is 25.7. The second kappa shape index (κ2) is 9.59. The molecule has 5 atom stereocenters. The van der Waals surface area contributed by atoms with E-state index in [1.165, 1.54) is 0 Å². The lowest BCUT2D eigenvalue weighted by Crippen LogP contribution is -2.55. The van der Waals surface area contributed by atoms with Gasteiger partial charge in [0.25, 0.3) is 0 Å². The summed E-state index contributed by atoms with van der Waals surface area (Å²) in [5.74, 6) is 0. The first-order valence-electron chi connectivity index (χ1n) is 11.4. The predicted molar refractivity (Wildman–Crippen MR) is 130 cm³/mol. The first-order valence-corrected chi connectivity index (χ1v) is 11.8. The quantitative estimate of drug-likeness (QED) is 0.363. The van der Waals surface area contributed by atoms with E-state index < -0.39 is 42.7 Å². The highest BCUT2D eigenvalue weighted by Crippen LogP contribution is 2.39. The number of hydrogen-bond donors (Lipinski definition) is 5. The van der Waals surface area contributed by atoms with Gasteiger partial charge in [-0.2, -0.15) is 0 Å². The van der Waals surface area contributed by atoms with Gasteiger partial charge in [0, 0.05) is 30.1 Å². The van der Waals surface area contributed by atoms with E-state index in [4.69, 9.17) is 16.3 Å². The SMILES string of the molecule is Cc1cc(Cl)c2c(c1)c([C@@H]1O[C@H](CO)[C@@H](O)[C@H](O)[C@H]1O)cn2Cc1ccc(CC(C)(C)O)cc1. The van der Waals surface area contributed by atoms with Crippen LogP contribution in [0.3, 0.4) is 0 Å². The molecule has 0 aliphatic carbocycles. The number of halogens is 1. The molecule has 4 rings (SSSR count). The van der Waals surface area contributed by atoms with Gasteiger partial charge in [-0.25, -0.2) is 0 Å². The molecular weight excluding hydrogens is 458 g/mol. The van der Waals surface area contributed by atoms with Gasteiger partial charge in [-0.3, -0.25) is 0 Å². The molecule has 1 aromatic heterocycles. The molecule has 1 aliphatic rings. The van der Waals surface area contributed by atoms with Crippen molar-refractivity contribution in [3.8, 4) is 0 Å². The minimum Gasteiger partial charge on any atom is -0.394 e. The highest BCUT2D eigenvalue weighted by Gasteiger charge is 2.44. The summed E-state index contributed by atoms with van der Waals surface area (Å²) >= 11 is 6.65. The summed E-state index contributed by atoms with van der Waals surface area (Å²) in [6.45, 7) is 5.48. The predicted octanol–water partition coefficient (Wildman–Crippen LogP) is 2.48. The number of benzene rings is 2. The van der Waals surface area contributed by atoms with Crippen molar-refractivity contribution in [3.05, 3.63) is 69.9 Å². The van der Waals surface area contributed by atoms with Crippen LogP contribution in [0.2, 0.25) is 5.02 Å². The van der Waals surface area contributed by atoms with Crippen LogP contribution in [0.1, 0.15) is 42.2 Å². The summed E-state index contributed by atoms with van der Waals surface area (Å²) < 4.78 is 7.81. The molecule has 1 saturated heterocycles. The lowest BCUT2D eigenvalue weighted by molar-refractivity contribution is -0.231. The molecule has 184 valence electrons. The van der Waals surface area contributed by atoms with Crippen molar-refractivity contribution < 1.29 is 30.3 Å². The average Bonchev–Trinajstić information content (AvgIpc) is 3.10. The van der Waals surface area contributed by atoms with Gasteiger partial charge in [0.05, 0.1) is 22.7 Å². The maximum absolute atomic E-state index is 10.7. The maximum Gasteiger partial charge on any atom is 0.114 e. The smallest absolute Gasteiger partial charge is 0.114 e. The van der Waals surface area contributed by atoms with E-state index in [0.717, 1.165) is 27.6 Å². The third-order valence-electron chi connectivity index (χ3n) is 6.31. The fraction of sp³-hybridized carbons (Fsp3) is 0.462. The fourth-order valence-corrected chi connectivity index (χ4v) is 5.10. The Morgan fingerprint density at radius 1 is 1.00 bits per heavy atom. The molecule has 2 aromatic carbocycles. The standard InChI is InChI=1S/C26H32ClNO6/c1-14-8-17-18(25-24(32)23(31)22(30)20(13-29)34-25)12-28(21(17)19(27)9-14)11-16-6-4-15(5-7-16)10-26(2,3)33/h4-9,12,20,22-25,29-33H,10-11,13H2,1-3H3/t20-,22-,23+,24-,25+/m1/s1. The first kappa shape index (κ1) is 25.1. The Hall–Kier alpha value is -1.97. The van der Waals surface area contributed by atoms with Crippen molar-refractivity contribution >= 4 is 22.5 Å². The number of aliphatic hydroxyl groups excluding tert-OH is 4. The summed E-state index contributed by atoms with van der Waals surface area (Å²) in [6.07, 6.45) is -3.82. The van der Waals surface area contributed by atoms with E-state index in [2.05, 4.69) is 0 Å². The van der Waals surface area contributed by atoms with Crippen LogP contribution in [0.25, 0.3) is 10.9 Å². The molecule has 5 N–H and O–H groups in total. The highest BCUT2D eigenvalue weighted by molar-refractivity contribution is 6.35. The third kappa shape index (κ3) is 5.02. The van der Waals surface area contributed by atoms with Gasteiger partial charge in [-0.15, -0.1) is 0 Å². The molecule has 0 radical (unpaired) electrons. The zero-order valence-electron chi connectivity index (χ0n) is 19.5. The second-order valence-corrected chi connectivity index (χ2v) is 10.3. The monoisotopic (exact) mass is 489 g/mol. The molecule has 2 heterocycles. The topological polar surface area (TPSA) is 115 Å². The molecular formula is C26H32ClNO6. The zero-order chi connectivity index (χ0) is 24.8. The molecule has 7 nitrogen and oxygen atoms in total. The largest absolute Gasteiger partial charge is 0.394 e. The van der Waals surface area contributed by atoms with Crippen molar-refractivity contribution in [1.29, 1.82) is 0 Å². The molecule has 1 aliphatic heterocycles. The maximum atomic E-state index is 10.7. The number of fused-ring (bicyclic) bond motifs is 1. The van der Waals surface area contributed by atoms with Crippen LogP contribution in [0, 0.1) is 6.92 Å². The van der Waals surface area contributed by atoms with Crippen molar-refractivity contribution in [1.82, 2.24) is 4.57 Å².